The Bertz CT molecular complexity index is 829. The van der Waals surface area contributed by atoms with Crippen molar-refractivity contribution in [1.82, 2.24) is 9.80 Å². The molecule has 1 saturated heterocycles. The minimum absolute atomic E-state index is 0.0552. The highest BCUT2D eigenvalue weighted by Crippen LogP contribution is 2.16. The number of amides is 1. The van der Waals surface area contributed by atoms with E-state index in [0.29, 0.717) is 5.56 Å². The Balaban J connectivity index is 1.51. The van der Waals surface area contributed by atoms with E-state index in [2.05, 4.69) is 54.9 Å². The van der Waals surface area contributed by atoms with Gasteiger partial charge in [0.2, 0.25) is 0 Å². The average molecular weight is 408 g/mol. The van der Waals surface area contributed by atoms with Crippen molar-refractivity contribution in [3.05, 3.63) is 64.7 Å². The molecule has 2 aromatic carbocycles. The maximum atomic E-state index is 12.6. The van der Waals surface area contributed by atoms with Gasteiger partial charge in [0.25, 0.3) is 5.91 Å². The third-order valence-electron chi connectivity index (χ3n) is 6.09. The van der Waals surface area contributed by atoms with Crippen molar-refractivity contribution >= 4 is 11.6 Å². The van der Waals surface area contributed by atoms with E-state index in [-0.39, 0.29) is 5.91 Å². The molecule has 4 nitrogen and oxygen atoms in total. The second kappa shape index (κ2) is 10.7. The smallest absolute Gasteiger partial charge is 0.255 e. The predicted octanol–water partition coefficient (Wildman–Crippen LogP) is 5.11. The van der Waals surface area contributed by atoms with Crippen LogP contribution in [0.4, 0.5) is 5.69 Å². The molecule has 0 spiro atoms. The first-order valence-electron chi connectivity index (χ1n) is 11.3. The van der Waals surface area contributed by atoms with Gasteiger partial charge < -0.3 is 10.2 Å². The molecule has 0 unspecified atom stereocenters. The maximum absolute atomic E-state index is 12.6. The Morgan fingerprint density at radius 3 is 2.33 bits per heavy atom. The van der Waals surface area contributed by atoms with Crippen LogP contribution in [-0.4, -0.2) is 48.4 Å². The van der Waals surface area contributed by atoms with Gasteiger partial charge in [-0.25, -0.2) is 0 Å². The summed E-state index contributed by atoms with van der Waals surface area (Å²) in [7, 11) is 0. The van der Waals surface area contributed by atoms with Crippen molar-refractivity contribution in [1.29, 1.82) is 0 Å². The second-order valence-electron chi connectivity index (χ2n) is 9.10. The minimum Gasteiger partial charge on any atom is -0.322 e. The lowest BCUT2D eigenvalue weighted by Gasteiger charge is -2.22. The number of nitrogens with zero attached hydrogens (tertiary/aromatic N) is 2. The molecule has 3 rings (SSSR count). The summed E-state index contributed by atoms with van der Waals surface area (Å²) >= 11 is 0. The lowest BCUT2D eigenvalue weighted by Crippen LogP contribution is -2.31. The molecule has 1 fully saturated rings. The Hall–Kier alpha value is -2.17. The molecule has 1 N–H and O–H groups in total. The van der Waals surface area contributed by atoms with E-state index < -0.39 is 0 Å². The van der Waals surface area contributed by atoms with Crippen LogP contribution < -0.4 is 5.32 Å². The number of benzene rings is 2. The van der Waals surface area contributed by atoms with Crippen LogP contribution in [0.5, 0.6) is 0 Å². The number of rotatable bonds is 7. The van der Waals surface area contributed by atoms with Crippen LogP contribution in [0.3, 0.4) is 0 Å². The fraction of sp³-hybridized carbons (Fsp3) is 0.500. The number of carbonyl (C=O) groups excluding carboxylic acids is 1. The molecule has 0 aromatic heterocycles. The van der Waals surface area contributed by atoms with Crippen molar-refractivity contribution in [2.24, 2.45) is 5.92 Å². The molecule has 0 saturated carbocycles. The van der Waals surface area contributed by atoms with E-state index in [0.717, 1.165) is 37.8 Å². The normalized spacial score (nSPS) is 15.9. The Kier molecular flexibility index (Phi) is 8.06. The van der Waals surface area contributed by atoms with Crippen LogP contribution >= 0.6 is 0 Å². The highest BCUT2D eigenvalue weighted by atomic mass is 16.1. The van der Waals surface area contributed by atoms with Gasteiger partial charge in [0.1, 0.15) is 0 Å². The zero-order valence-corrected chi connectivity index (χ0v) is 19.1. The SMILES string of the molecule is Cc1ccc(NC(=O)c2ccc(CN3CCCN(CCC(C)C)CC3)cc2)cc1C. The van der Waals surface area contributed by atoms with E-state index in [1.807, 2.05) is 30.3 Å². The predicted molar refractivity (Wildman–Crippen MR) is 126 cm³/mol. The first-order valence-corrected chi connectivity index (χ1v) is 11.3. The fourth-order valence-electron chi connectivity index (χ4n) is 3.89. The zero-order valence-electron chi connectivity index (χ0n) is 19.1. The minimum atomic E-state index is -0.0552. The number of carbonyl (C=O) groups is 1. The van der Waals surface area contributed by atoms with E-state index in [4.69, 9.17) is 0 Å². The lowest BCUT2D eigenvalue weighted by atomic mass is 10.1. The molecule has 2 aromatic rings. The molecule has 1 amide bonds. The van der Waals surface area contributed by atoms with Crippen molar-refractivity contribution in [3.8, 4) is 0 Å². The van der Waals surface area contributed by atoms with Crippen molar-refractivity contribution in [3.63, 3.8) is 0 Å². The van der Waals surface area contributed by atoms with Crippen LogP contribution in [-0.2, 0) is 6.54 Å². The van der Waals surface area contributed by atoms with Crippen LogP contribution in [0.15, 0.2) is 42.5 Å². The summed E-state index contributed by atoms with van der Waals surface area (Å²) < 4.78 is 0. The van der Waals surface area contributed by atoms with Gasteiger partial charge in [0.05, 0.1) is 0 Å². The standard InChI is InChI=1S/C26H37N3O/c1-20(2)12-15-28-13-5-14-29(17-16-28)19-23-7-9-24(10-8-23)26(30)27-25-11-6-21(3)22(4)18-25/h6-11,18,20H,5,12-17,19H2,1-4H3,(H,27,30). The highest BCUT2D eigenvalue weighted by molar-refractivity contribution is 6.04. The quantitative estimate of drug-likeness (QED) is 0.693. The molecule has 162 valence electrons. The van der Waals surface area contributed by atoms with E-state index in [1.165, 1.54) is 42.6 Å². The maximum Gasteiger partial charge on any atom is 0.255 e. The number of hydrogen-bond acceptors (Lipinski definition) is 3. The van der Waals surface area contributed by atoms with Gasteiger partial charge in [-0.3, -0.25) is 9.69 Å². The molecule has 4 heteroatoms. The highest BCUT2D eigenvalue weighted by Gasteiger charge is 2.15. The molecule has 0 radical (unpaired) electrons. The second-order valence-corrected chi connectivity index (χ2v) is 9.10. The number of nitrogens with one attached hydrogen (secondary N) is 1. The fourth-order valence-corrected chi connectivity index (χ4v) is 3.89. The molecular formula is C26H37N3O. The monoisotopic (exact) mass is 407 g/mol. The summed E-state index contributed by atoms with van der Waals surface area (Å²) in [6, 6.07) is 14.1. The lowest BCUT2D eigenvalue weighted by molar-refractivity contribution is 0.102. The Labute approximate surface area is 182 Å². The summed E-state index contributed by atoms with van der Waals surface area (Å²) in [6.07, 6.45) is 2.51. The number of anilines is 1. The van der Waals surface area contributed by atoms with Gasteiger partial charge in [0, 0.05) is 30.9 Å². The molecule has 30 heavy (non-hydrogen) atoms. The van der Waals surface area contributed by atoms with Crippen LogP contribution in [0, 0.1) is 19.8 Å². The van der Waals surface area contributed by atoms with Gasteiger partial charge in [-0.05, 0) is 93.2 Å². The van der Waals surface area contributed by atoms with Gasteiger partial charge >= 0.3 is 0 Å². The summed E-state index contributed by atoms with van der Waals surface area (Å²) in [5.74, 6) is 0.718. The van der Waals surface area contributed by atoms with E-state index >= 15 is 0 Å². The molecular weight excluding hydrogens is 370 g/mol. The summed E-state index contributed by atoms with van der Waals surface area (Å²) in [4.78, 5) is 17.7. The van der Waals surface area contributed by atoms with Crippen LogP contribution in [0.1, 0.15) is 53.7 Å². The summed E-state index contributed by atoms with van der Waals surface area (Å²) in [5, 5.41) is 3.01. The van der Waals surface area contributed by atoms with Gasteiger partial charge in [-0.1, -0.05) is 32.0 Å². The van der Waals surface area contributed by atoms with Crippen molar-refractivity contribution in [2.45, 2.75) is 47.1 Å². The number of aryl methyl sites for hydroxylation is 2. The average Bonchev–Trinajstić information content (AvgIpc) is 2.95. The molecule has 1 heterocycles. The summed E-state index contributed by atoms with van der Waals surface area (Å²) in [6.45, 7) is 15.5. The van der Waals surface area contributed by atoms with Gasteiger partial charge in [-0.2, -0.15) is 0 Å². The van der Waals surface area contributed by atoms with E-state index in [1.54, 1.807) is 0 Å². The van der Waals surface area contributed by atoms with Gasteiger partial charge in [-0.15, -0.1) is 0 Å². The molecule has 1 aliphatic heterocycles. The van der Waals surface area contributed by atoms with E-state index in [9.17, 15) is 4.79 Å². The van der Waals surface area contributed by atoms with Crippen molar-refractivity contribution < 1.29 is 4.79 Å². The number of hydrogen-bond donors (Lipinski definition) is 1. The van der Waals surface area contributed by atoms with Crippen LogP contribution in [0.25, 0.3) is 0 Å². The molecule has 0 aliphatic carbocycles. The topological polar surface area (TPSA) is 35.6 Å². The third kappa shape index (κ3) is 6.68. The Morgan fingerprint density at radius 1 is 0.933 bits per heavy atom. The van der Waals surface area contributed by atoms with Gasteiger partial charge in [0.15, 0.2) is 0 Å². The summed E-state index contributed by atoms with van der Waals surface area (Å²) in [5.41, 5.74) is 5.23. The largest absolute Gasteiger partial charge is 0.322 e. The molecule has 0 bridgehead atoms. The first-order chi connectivity index (χ1) is 14.4. The first kappa shape index (κ1) is 22.5. The molecule has 0 atom stereocenters. The zero-order chi connectivity index (χ0) is 21.5. The Morgan fingerprint density at radius 2 is 1.63 bits per heavy atom. The van der Waals surface area contributed by atoms with Crippen molar-refractivity contribution in [2.75, 3.05) is 38.0 Å². The van der Waals surface area contributed by atoms with Crippen LogP contribution in [0.2, 0.25) is 0 Å². The molecule has 1 aliphatic rings. The third-order valence-corrected chi connectivity index (χ3v) is 6.09.